The van der Waals surface area contributed by atoms with Crippen LogP contribution in [0.4, 0.5) is 5.69 Å². The molecule has 0 saturated carbocycles. The number of amides is 1. The number of carbonyl (C=O) groups is 2. The molecule has 0 aromatic heterocycles. The lowest BCUT2D eigenvalue weighted by Gasteiger charge is -2.26. The van der Waals surface area contributed by atoms with Crippen LogP contribution >= 0.6 is 11.8 Å². The van der Waals surface area contributed by atoms with Gasteiger partial charge >= 0.3 is 5.97 Å². The van der Waals surface area contributed by atoms with Gasteiger partial charge in [-0.05, 0) is 43.7 Å². The number of methoxy groups -OCH3 is 2. The number of aliphatic imine (C=N–C) groups is 1. The number of carbonyl (C=O) groups excluding carboxylic acids is 2. The largest absolute Gasteiger partial charge is 0.493 e. The van der Waals surface area contributed by atoms with Gasteiger partial charge in [-0.25, -0.2) is 9.79 Å². The lowest BCUT2D eigenvalue weighted by molar-refractivity contribution is -0.139. The number of amidine groups is 1. The fourth-order valence-electron chi connectivity index (χ4n) is 3.31. The number of hydrogen-bond donors (Lipinski definition) is 2. The number of anilines is 1. The third-order valence-electron chi connectivity index (χ3n) is 4.83. The fourth-order valence-corrected chi connectivity index (χ4v) is 4.06. The van der Waals surface area contributed by atoms with E-state index in [1.54, 1.807) is 40.2 Å². The molecule has 0 spiro atoms. The van der Waals surface area contributed by atoms with Crippen LogP contribution in [-0.2, 0) is 14.3 Å². The predicted molar refractivity (Wildman–Crippen MR) is 130 cm³/mol. The summed E-state index contributed by atoms with van der Waals surface area (Å²) < 4.78 is 16.0. The van der Waals surface area contributed by atoms with Crippen LogP contribution in [0.25, 0.3) is 0 Å². The van der Waals surface area contributed by atoms with Gasteiger partial charge in [-0.3, -0.25) is 4.79 Å². The van der Waals surface area contributed by atoms with Crippen LogP contribution < -0.4 is 20.1 Å². The van der Waals surface area contributed by atoms with Gasteiger partial charge in [0, 0.05) is 11.4 Å². The number of rotatable bonds is 8. The zero-order valence-corrected chi connectivity index (χ0v) is 19.8. The quantitative estimate of drug-likeness (QED) is 0.566. The molecule has 0 saturated heterocycles. The Morgan fingerprint density at radius 1 is 1.09 bits per heavy atom. The van der Waals surface area contributed by atoms with Crippen LogP contribution in [0.5, 0.6) is 11.5 Å². The number of benzene rings is 2. The number of nitrogens with one attached hydrogen (secondary N) is 2. The van der Waals surface area contributed by atoms with E-state index < -0.39 is 12.0 Å². The average molecular weight is 470 g/mol. The molecular weight excluding hydrogens is 442 g/mol. The van der Waals surface area contributed by atoms with Crippen molar-refractivity contribution in [3.63, 3.8) is 0 Å². The summed E-state index contributed by atoms with van der Waals surface area (Å²) >= 11 is 1.26. The van der Waals surface area contributed by atoms with Gasteiger partial charge < -0.3 is 24.8 Å². The smallest absolute Gasteiger partial charge is 0.338 e. The normalized spacial score (nSPS) is 15.3. The molecule has 1 heterocycles. The maximum atomic E-state index is 12.7. The van der Waals surface area contributed by atoms with Gasteiger partial charge in [-0.15, -0.1) is 0 Å². The molecule has 2 N–H and O–H groups in total. The lowest BCUT2D eigenvalue weighted by Crippen LogP contribution is -2.31. The van der Waals surface area contributed by atoms with Gasteiger partial charge in [0.1, 0.15) is 6.04 Å². The molecule has 1 aliphatic heterocycles. The van der Waals surface area contributed by atoms with E-state index in [9.17, 15) is 9.59 Å². The molecule has 0 radical (unpaired) electrons. The molecule has 8 nitrogen and oxygen atoms in total. The first-order chi connectivity index (χ1) is 16.0. The molecule has 1 atom stereocenters. The molecule has 1 amide bonds. The van der Waals surface area contributed by atoms with E-state index in [0.717, 1.165) is 11.3 Å². The Morgan fingerprint density at radius 2 is 1.82 bits per heavy atom. The van der Waals surface area contributed by atoms with Crippen molar-refractivity contribution in [2.45, 2.75) is 19.9 Å². The van der Waals surface area contributed by atoms with Crippen molar-refractivity contribution in [3.8, 4) is 11.5 Å². The Morgan fingerprint density at radius 3 is 2.48 bits per heavy atom. The Bertz CT molecular complexity index is 1070. The molecule has 0 fully saturated rings. The average Bonchev–Trinajstić information content (AvgIpc) is 2.82. The number of allylic oxidation sites excluding steroid dienone is 1. The summed E-state index contributed by atoms with van der Waals surface area (Å²) in [6.45, 7) is 3.80. The number of thioether (sulfide) groups is 1. The summed E-state index contributed by atoms with van der Waals surface area (Å²) in [6, 6.07) is 14.0. The van der Waals surface area contributed by atoms with Gasteiger partial charge in [0.2, 0.25) is 5.91 Å². The topological polar surface area (TPSA) is 98.2 Å². The van der Waals surface area contributed by atoms with Crippen molar-refractivity contribution in [3.05, 3.63) is 65.4 Å². The highest BCUT2D eigenvalue weighted by Gasteiger charge is 2.31. The van der Waals surface area contributed by atoms with E-state index in [1.165, 1.54) is 11.8 Å². The summed E-state index contributed by atoms with van der Waals surface area (Å²) in [5.41, 5.74) is 2.49. The second kappa shape index (κ2) is 11.4. The second-order valence-corrected chi connectivity index (χ2v) is 8.00. The van der Waals surface area contributed by atoms with Gasteiger partial charge in [0.25, 0.3) is 0 Å². The molecule has 1 aliphatic rings. The Hall–Kier alpha value is -3.46. The first kappa shape index (κ1) is 24.2. The SMILES string of the molecule is CCOC(=O)C1=C(C)NC(SCC(=O)Nc2ccccc2)=N[C@H]1c1ccc(OC)c(OC)c1. The Kier molecular flexibility index (Phi) is 8.37. The summed E-state index contributed by atoms with van der Waals surface area (Å²) in [5.74, 6) is 0.653. The third kappa shape index (κ3) is 6.07. The standard InChI is InChI=1S/C24H27N3O5S/c1-5-32-23(29)21-15(2)25-24(33-14-20(28)26-17-9-7-6-8-10-17)27-22(21)16-11-12-18(30-3)19(13-16)31-4/h6-13,22H,5,14H2,1-4H3,(H,25,27)(H,26,28)/t22-/m0/s1. The van der Waals surface area contributed by atoms with Crippen molar-refractivity contribution in [2.75, 3.05) is 31.9 Å². The molecule has 9 heteroatoms. The molecule has 0 unspecified atom stereocenters. The molecule has 0 bridgehead atoms. The molecule has 174 valence electrons. The van der Waals surface area contributed by atoms with E-state index in [1.807, 2.05) is 36.4 Å². The predicted octanol–water partition coefficient (Wildman–Crippen LogP) is 3.91. The van der Waals surface area contributed by atoms with Gasteiger partial charge in [-0.2, -0.15) is 0 Å². The van der Waals surface area contributed by atoms with E-state index in [2.05, 4.69) is 10.6 Å². The van der Waals surface area contributed by atoms with Gasteiger partial charge in [-0.1, -0.05) is 36.0 Å². The van der Waals surface area contributed by atoms with Gasteiger partial charge in [0.15, 0.2) is 16.7 Å². The minimum Gasteiger partial charge on any atom is -0.493 e. The third-order valence-corrected chi connectivity index (χ3v) is 5.72. The molecule has 2 aromatic carbocycles. The Balaban J connectivity index is 1.84. The van der Waals surface area contributed by atoms with Crippen LogP contribution in [0, 0.1) is 0 Å². The summed E-state index contributed by atoms with van der Waals surface area (Å²) in [4.78, 5) is 29.8. The van der Waals surface area contributed by atoms with E-state index in [-0.39, 0.29) is 18.3 Å². The zero-order valence-electron chi connectivity index (χ0n) is 19.0. The lowest BCUT2D eigenvalue weighted by atomic mass is 9.96. The van der Waals surface area contributed by atoms with Crippen molar-refractivity contribution in [1.29, 1.82) is 0 Å². The van der Waals surface area contributed by atoms with Gasteiger partial charge in [0.05, 0.1) is 32.2 Å². The molecule has 33 heavy (non-hydrogen) atoms. The second-order valence-electron chi connectivity index (χ2n) is 7.04. The summed E-state index contributed by atoms with van der Waals surface area (Å²) in [6.07, 6.45) is 0. The van der Waals surface area contributed by atoms with Crippen molar-refractivity contribution in [2.24, 2.45) is 4.99 Å². The van der Waals surface area contributed by atoms with E-state index in [4.69, 9.17) is 19.2 Å². The highest BCUT2D eigenvalue weighted by molar-refractivity contribution is 8.14. The fraction of sp³-hybridized carbons (Fsp3) is 0.292. The number of ether oxygens (including phenoxy) is 3. The van der Waals surface area contributed by atoms with E-state index in [0.29, 0.717) is 27.9 Å². The van der Waals surface area contributed by atoms with Crippen molar-refractivity contribution in [1.82, 2.24) is 5.32 Å². The van der Waals surface area contributed by atoms with E-state index >= 15 is 0 Å². The molecular formula is C24H27N3O5S. The van der Waals surface area contributed by atoms with Crippen molar-refractivity contribution < 1.29 is 23.8 Å². The zero-order chi connectivity index (χ0) is 23.8. The first-order valence-electron chi connectivity index (χ1n) is 10.4. The number of hydrogen-bond acceptors (Lipinski definition) is 8. The maximum Gasteiger partial charge on any atom is 0.338 e. The van der Waals surface area contributed by atoms with Crippen molar-refractivity contribution >= 4 is 34.5 Å². The molecule has 3 rings (SSSR count). The number of esters is 1. The maximum absolute atomic E-state index is 12.7. The number of nitrogens with zero attached hydrogens (tertiary/aromatic N) is 1. The van der Waals surface area contributed by atoms with Crippen LogP contribution in [0.2, 0.25) is 0 Å². The minimum absolute atomic E-state index is 0.154. The van der Waals surface area contributed by atoms with Crippen LogP contribution in [0.1, 0.15) is 25.5 Å². The first-order valence-corrected chi connectivity index (χ1v) is 11.4. The molecule has 0 aliphatic carbocycles. The van der Waals surface area contributed by atoms with Crippen LogP contribution in [-0.4, -0.2) is 43.6 Å². The monoisotopic (exact) mass is 469 g/mol. The minimum atomic E-state index is -0.621. The van der Waals surface area contributed by atoms with Crippen LogP contribution in [0.15, 0.2) is 64.8 Å². The summed E-state index contributed by atoms with van der Waals surface area (Å²) in [7, 11) is 3.11. The molecule has 2 aromatic rings. The highest BCUT2D eigenvalue weighted by atomic mass is 32.2. The summed E-state index contributed by atoms with van der Waals surface area (Å²) in [5, 5.41) is 6.51. The Labute approximate surface area is 197 Å². The van der Waals surface area contributed by atoms with Crippen LogP contribution in [0.3, 0.4) is 0 Å². The highest BCUT2D eigenvalue weighted by Crippen LogP contribution is 2.37. The number of para-hydroxylation sites is 1.